The number of aromatic nitrogens is 1. The maximum Gasteiger partial charge on any atom is 0.224 e. The molecular formula is C21H22N2O3S. The summed E-state index contributed by atoms with van der Waals surface area (Å²) < 4.78 is 10.7. The molecular weight excluding hydrogens is 360 g/mol. The van der Waals surface area contributed by atoms with E-state index in [1.54, 1.807) is 18.4 Å². The summed E-state index contributed by atoms with van der Waals surface area (Å²) in [4.78, 5) is 16.9. The maximum atomic E-state index is 12.3. The van der Waals surface area contributed by atoms with Crippen LogP contribution in [-0.2, 0) is 11.2 Å². The molecule has 2 aromatic carbocycles. The van der Waals surface area contributed by atoms with Crippen molar-refractivity contribution >= 4 is 22.9 Å². The molecule has 0 bridgehead atoms. The van der Waals surface area contributed by atoms with Crippen molar-refractivity contribution in [2.45, 2.75) is 19.8 Å². The number of ether oxygens (including phenoxy) is 2. The zero-order chi connectivity index (χ0) is 19.1. The molecule has 140 valence electrons. The van der Waals surface area contributed by atoms with Crippen LogP contribution in [0.2, 0.25) is 0 Å². The summed E-state index contributed by atoms with van der Waals surface area (Å²) in [6.45, 7) is 2.47. The summed E-state index contributed by atoms with van der Waals surface area (Å²) in [5.74, 6) is 1.45. The van der Waals surface area contributed by atoms with Crippen LogP contribution in [0.1, 0.15) is 19.0 Å². The number of carbonyl (C=O) groups excluding carboxylic acids is 1. The molecule has 27 heavy (non-hydrogen) atoms. The quantitative estimate of drug-likeness (QED) is 0.609. The van der Waals surface area contributed by atoms with E-state index in [1.165, 1.54) is 0 Å². The number of hydrogen-bond acceptors (Lipinski definition) is 5. The number of nitrogens with zero attached hydrogens (tertiary/aromatic N) is 1. The van der Waals surface area contributed by atoms with Gasteiger partial charge in [0.2, 0.25) is 5.91 Å². The second-order valence-corrected chi connectivity index (χ2v) is 6.71. The van der Waals surface area contributed by atoms with Crippen molar-refractivity contribution in [2.24, 2.45) is 0 Å². The Kier molecular flexibility index (Phi) is 6.44. The average Bonchev–Trinajstić information content (AvgIpc) is 3.17. The van der Waals surface area contributed by atoms with Gasteiger partial charge in [-0.15, -0.1) is 11.3 Å². The smallest absolute Gasteiger partial charge is 0.224 e. The van der Waals surface area contributed by atoms with Crippen LogP contribution in [0.5, 0.6) is 11.5 Å². The van der Waals surface area contributed by atoms with Crippen LogP contribution >= 0.6 is 11.3 Å². The minimum atomic E-state index is -0.0545. The van der Waals surface area contributed by atoms with Crippen LogP contribution in [0.3, 0.4) is 0 Å². The molecule has 0 aliphatic heterocycles. The van der Waals surface area contributed by atoms with Gasteiger partial charge in [-0.3, -0.25) is 4.79 Å². The zero-order valence-corrected chi connectivity index (χ0v) is 16.2. The van der Waals surface area contributed by atoms with Crippen LogP contribution in [0.4, 0.5) is 5.69 Å². The summed E-state index contributed by atoms with van der Waals surface area (Å²) in [7, 11) is 1.65. The highest BCUT2D eigenvalue weighted by atomic mass is 32.1. The van der Waals surface area contributed by atoms with Crippen molar-refractivity contribution in [3.8, 4) is 22.1 Å². The van der Waals surface area contributed by atoms with Crippen molar-refractivity contribution in [2.75, 3.05) is 19.0 Å². The van der Waals surface area contributed by atoms with E-state index in [0.29, 0.717) is 30.9 Å². The van der Waals surface area contributed by atoms with Crippen LogP contribution in [0.25, 0.3) is 10.6 Å². The number of benzene rings is 2. The van der Waals surface area contributed by atoms with Crippen LogP contribution in [0.15, 0.2) is 53.9 Å². The predicted octanol–water partition coefficient (Wildman–Crippen LogP) is 4.79. The molecule has 1 N–H and O–H groups in total. The Bertz CT molecular complexity index is 890. The van der Waals surface area contributed by atoms with Gasteiger partial charge in [-0.1, -0.05) is 12.1 Å². The van der Waals surface area contributed by atoms with E-state index >= 15 is 0 Å². The summed E-state index contributed by atoms with van der Waals surface area (Å²) in [5, 5.41) is 5.86. The molecule has 0 spiro atoms. The van der Waals surface area contributed by atoms with Gasteiger partial charge in [0, 0.05) is 17.4 Å². The number of thiazole rings is 1. The van der Waals surface area contributed by atoms with Gasteiger partial charge in [-0.2, -0.15) is 0 Å². The Hall–Kier alpha value is -2.86. The third-order valence-electron chi connectivity index (χ3n) is 3.96. The molecule has 0 atom stereocenters. The first kappa shape index (κ1) is 18.9. The van der Waals surface area contributed by atoms with Gasteiger partial charge >= 0.3 is 0 Å². The fourth-order valence-corrected chi connectivity index (χ4v) is 3.45. The largest absolute Gasteiger partial charge is 0.497 e. The number of methoxy groups -OCH3 is 1. The van der Waals surface area contributed by atoms with Gasteiger partial charge in [-0.05, 0) is 49.7 Å². The summed E-state index contributed by atoms with van der Waals surface area (Å²) in [6, 6.07) is 15.3. The van der Waals surface area contributed by atoms with E-state index in [4.69, 9.17) is 9.47 Å². The number of para-hydroxylation sites is 2. The molecule has 3 aromatic rings. The van der Waals surface area contributed by atoms with E-state index in [2.05, 4.69) is 10.3 Å². The number of nitrogens with one attached hydrogen (secondary N) is 1. The Morgan fingerprint density at radius 2 is 1.93 bits per heavy atom. The lowest BCUT2D eigenvalue weighted by molar-refractivity contribution is -0.116. The van der Waals surface area contributed by atoms with Crippen molar-refractivity contribution in [1.82, 2.24) is 4.98 Å². The van der Waals surface area contributed by atoms with Crippen molar-refractivity contribution < 1.29 is 14.3 Å². The fraction of sp³-hybridized carbons (Fsp3) is 0.238. The first-order valence-corrected chi connectivity index (χ1v) is 9.68. The van der Waals surface area contributed by atoms with Crippen LogP contribution < -0.4 is 14.8 Å². The first-order valence-electron chi connectivity index (χ1n) is 8.80. The van der Waals surface area contributed by atoms with Crippen molar-refractivity contribution in [3.05, 3.63) is 59.6 Å². The topological polar surface area (TPSA) is 60.5 Å². The zero-order valence-electron chi connectivity index (χ0n) is 15.4. The Morgan fingerprint density at radius 1 is 1.15 bits per heavy atom. The number of carbonyl (C=O) groups is 1. The maximum absolute atomic E-state index is 12.3. The van der Waals surface area contributed by atoms with E-state index < -0.39 is 0 Å². The SMILES string of the molecule is CCOc1ccccc1NC(=O)CCc1csc(-c2ccc(OC)cc2)n1. The standard InChI is InChI=1S/C21H22N2O3S/c1-3-26-19-7-5-4-6-18(19)23-20(24)13-10-16-14-27-21(22-16)15-8-11-17(25-2)12-9-15/h4-9,11-12,14H,3,10,13H2,1-2H3,(H,23,24). The highest BCUT2D eigenvalue weighted by Gasteiger charge is 2.10. The van der Waals surface area contributed by atoms with Crippen molar-refractivity contribution in [3.63, 3.8) is 0 Å². The lowest BCUT2D eigenvalue weighted by Gasteiger charge is -2.10. The lowest BCUT2D eigenvalue weighted by atomic mass is 10.2. The van der Waals surface area contributed by atoms with Gasteiger partial charge in [0.15, 0.2) is 0 Å². The molecule has 0 aliphatic rings. The second kappa shape index (κ2) is 9.19. The third kappa shape index (κ3) is 5.08. The molecule has 1 heterocycles. The molecule has 1 aromatic heterocycles. The number of aryl methyl sites for hydroxylation is 1. The molecule has 0 fully saturated rings. The predicted molar refractivity (Wildman–Crippen MR) is 109 cm³/mol. The first-order chi connectivity index (χ1) is 13.2. The van der Waals surface area contributed by atoms with E-state index in [0.717, 1.165) is 22.0 Å². The highest BCUT2D eigenvalue weighted by Crippen LogP contribution is 2.27. The average molecular weight is 382 g/mol. The molecule has 0 aliphatic carbocycles. The number of anilines is 1. The van der Waals surface area contributed by atoms with E-state index in [1.807, 2.05) is 60.8 Å². The Labute approximate surface area is 163 Å². The summed E-state index contributed by atoms with van der Waals surface area (Å²) >= 11 is 1.58. The van der Waals surface area contributed by atoms with E-state index in [9.17, 15) is 4.79 Å². The summed E-state index contributed by atoms with van der Waals surface area (Å²) in [6.07, 6.45) is 0.960. The summed E-state index contributed by atoms with van der Waals surface area (Å²) in [5.41, 5.74) is 2.66. The van der Waals surface area contributed by atoms with Crippen LogP contribution in [0, 0.1) is 0 Å². The number of rotatable bonds is 8. The molecule has 3 rings (SSSR count). The normalized spacial score (nSPS) is 10.4. The highest BCUT2D eigenvalue weighted by molar-refractivity contribution is 7.13. The van der Waals surface area contributed by atoms with Gasteiger partial charge in [0.05, 0.1) is 25.1 Å². The minimum Gasteiger partial charge on any atom is -0.497 e. The molecule has 0 radical (unpaired) electrons. The van der Waals surface area contributed by atoms with Gasteiger partial charge in [0.1, 0.15) is 16.5 Å². The second-order valence-electron chi connectivity index (χ2n) is 5.85. The molecule has 0 unspecified atom stereocenters. The fourth-order valence-electron chi connectivity index (χ4n) is 2.59. The van der Waals surface area contributed by atoms with Gasteiger partial charge in [0.25, 0.3) is 0 Å². The molecule has 0 saturated carbocycles. The Balaban J connectivity index is 1.57. The monoisotopic (exact) mass is 382 g/mol. The minimum absolute atomic E-state index is 0.0545. The lowest BCUT2D eigenvalue weighted by Crippen LogP contribution is -2.13. The Morgan fingerprint density at radius 3 is 2.67 bits per heavy atom. The van der Waals surface area contributed by atoms with Gasteiger partial charge < -0.3 is 14.8 Å². The molecule has 0 saturated heterocycles. The molecule has 6 heteroatoms. The number of amides is 1. The van der Waals surface area contributed by atoms with Gasteiger partial charge in [-0.25, -0.2) is 4.98 Å². The van der Waals surface area contributed by atoms with E-state index in [-0.39, 0.29) is 5.91 Å². The third-order valence-corrected chi connectivity index (χ3v) is 4.90. The van der Waals surface area contributed by atoms with Crippen molar-refractivity contribution in [1.29, 1.82) is 0 Å². The molecule has 5 nitrogen and oxygen atoms in total. The number of hydrogen-bond donors (Lipinski definition) is 1. The van der Waals surface area contributed by atoms with Crippen LogP contribution in [-0.4, -0.2) is 24.6 Å². The molecule has 1 amide bonds.